The van der Waals surface area contributed by atoms with E-state index < -0.39 is 0 Å². The molecule has 1 N–H and O–H groups in total. The molecule has 1 atom stereocenters. The monoisotopic (exact) mass is 162 g/mol. The van der Waals surface area contributed by atoms with Gasteiger partial charge in [0.2, 0.25) is 5.91 Å². The topological polar surface area (TPSA) is 41.5 Å². The number of carbonyl (C=O) groups excluding carboxylic acids is 1. The first-order valence-electron chi connectivity index (χ1n) is 2.40. The summed E-state index contributed by atoms with van der Waals surface area (Å²) in [5, 5.41) is 2.65. The van der Waals surface area contributed by atoms with E-state index in [1.54, 1.807) is 5.55 Å². The molecule has 9 heavy (non-hydrogen) atoms. The van der Waals surface area contributed by atoms with E-state index >= 15 is 0 Å². The van der Waals surface area contributed by atoms with Crippen LogP contribution < -0.4 is 5.32 Å². The van der Waals surface area contributed by atoms with Crippen LogP contribution in [-0.2, 0) is 4.79 Å². The predicted molar refractivity (Wildman–Crippen MR) is 41.3 cm³/mol. The molecule has 0 aromatic carbocycles. The third kappa shape index (κ3) is 2.28. The third-order valence-corrected chi connectivity index (χ3v) is 2.59. The molecule has 0 aliphatic carbocycles. The van der Waals surface area contributed by atoms with Crippen molar-refractivity contribution in [1.82, 2.24) is 5.32 Å². The normalized spacial score (nSPS) is 24.3. The minimum Gasteiger partial charge on any atom is -0.325 e. The molecular formula is C4H6N2OS2. The molecule has 0 bridgehead atoms. The Kier molecular flexibility index (Phi) is 2.41. The molecular weight excluding hydrogens is 156 g/mol. The lowest BCUT2D eigenvalue weighted by Gasteiger charge is -2.03. The molecule has 1 aliphatic heterocycles. The number of rotatable bonds is 1. The Morgan fingerprint density at radius 2 is 2.67 bits per heavy atom. The highest BCUT2D eigenvalue weighted by atomic mass is 33.1. The summed E-state index contributed by atoms with van der Waals surface area (Å²) in [5.41, 5.74) is 1.66. The number of nitrogens with zero attached hydrogens (tertiary/aromatic N) is 1. The van der Waals surface area contributed by atoms with Crippen molar-refractivity contribution in [3.05, 3.63) is 0 Å². The lowest BCUT2D eigenvalue weighted by molar-refractivity contribution is -0.119. The molecule has 1 rings (SSSR count). The summed E-state index contributed by atoms with van der Waals surface area (Å²) >= 11 is 0. The van der Waals surface area contributed by atoms with Crippen LogP contribution in [0.1, 0.15) is 6.92 Å². The fourth-order valence-corrected chi connectivity index (χ4v) is 2.05. The minimum atomic E-state index is -0.0625. The van der Waals surface area contributed by atoms with Gasteiger partial charge in [0.1, 0.15) is 0 Å². The summed E-state index contributed by atoms with van der Waals surface area (Å²) < 4.78 is 0. The van der Waals surface area contributed by atoms with Crippen LogP contribution in [0.3, 0.4) is 0 Å². The van der Waals surface area contributed by atoms with E-state index in [-0.39, 0.29) is 11.4 Å². The van der Waals surface area contributed by atoms with Gasteiger partial charge in [-0.15, -0.1) is 0 Å². The number of amides is 1. The number of nitrogens with one attached hydrogen (secondary N) is 1. The standard InChI is InChI=1S/C4H6N2OS2/c1-3(7)6-4-5-2-8-9-4/h2,4H,1H3,(H,6,7). The van der Waals surface area contributed by atoms with Crippen LogP contribution in [0, 0.1) is 0 Å². The van der Waals surface area contributed by atoms with E-state index in [4.69, 9.17) is 0 Å². The first-order valence-corrected chi connectivity index (χ1v) is 4.67. The van der Waals surface area contributed by atoms with Crippen LogP contribution in [0.4, 0.5) is 0 Å². The maximum Gasteiger partial charge on any atom is 0.219 e. The Morgan fingerprint density at radius 1 is 1.89 bits per heavy atom. The lowest BCUT2D eigenvalue weighted by Crippen LogP contribution is -2.26. The van der Waals surface area contributed by atoms with Crippen LogP contribution in [0.25, 0.3) is 0 Å². The van der Waals surface area contributed by atoms with E-state index in [1.807, 2.05) is 0 Å². The van der Waals surface area contributed by atoms with Crippen molar-refractivity contribution in [3.63, 3.8) is 0 Å². The van der Waals surface area contributed by atoms with Crippen molar-refractivity contribution >= 4 is 33.0 Å². The molecule has 0 saturated carbocycles. The Bertz CT molecular complexity index is 148. The van der Waals surface area contributed by atoms with Crippen molar-refractivity contribution in [2.24, 2.45) is 4.99 Å². The fraction of sp³-hybridized carbons (Fsp3) is 0.500. The van der Waals surface area contributed by atoms with Crippen molar-refractivity contribution in [2.45, 2.75) is 12.4 Å². The van der Waals surface area contributed by atoms with Gasteiger partial charge in [0.25, 0.3) is 0 Å². The van der Waals surface area contributed by atoms with Crippen LogP contribution in [-0.4, -0.2) is 17.0 Å². The fourth-order valence-electron chi connectivity index (χ4n) is 0.418. The van der Waals surface area contributed by atoms with Gasteiger partial charge in [-0.05, 0) is 21.6 Å². The molecule has 1 heterocycles. The zero-order chi connectivity index (χ0) is 6.69. The van der Waals surface area contributed by atoms with Gasteiger partial charge in [0.05, 0.1) is 5.55 Å². The molecule has 1 amide bonds. The van der Waals surface area contributed by atoms with Crippen molar-refractivity contribution < 1.29 is 4.79 Å². The second-order valence-electron chi connectivity index (χ2n) is 1.50. The molecule has 3 nitrogen and oxygen atoms in total. The molecule has 0 aromatic heterocycles. The third-order valence-electron chi connectivity index (χ3n) is 0.713. The van der Waals surface area contributed by atoms with Gasteiger partial charge in [-0.25, -0.2) is 4.99 Å². The zero-order valence-electron chi connectivity index (χ0n) is 4.83. The Labute approximate surface area is 61.1 Å². The van der Waals surface area contributed by atoms with Gasteiger partial charge in [-0.1, -0.05) is 0 Å². The summed E-state index contributed by atoms with van der Waals surface area (Å²) in [6, 6.07) is 0. The smallest absolute Gasteiger partial charge is 0.219 e. The highest BCUT2D eigenvalue weighted by Crippen LogP contribution is 2.29. The van der Waals surface area contributed by atoms with Crippen LogP contribution >= 0.6 is 21.6 Å². The molecule has 1 unspecified atom stereocenters. The van der Waals surface area contributed by atoms with E-state index in [2.05, 4.69) is 10.3 Å². The zero-order valence-corrected chi connectivity index (χ0v) is 6.46. The average Bonchev–Trinajstić information content (AvgIpc) is 2.15. The van der Waals surface area contributed by atoms with Crippen LogP contribution in [0.5, 0.6) is 0 Å². The molecule has 0 aromatic rings. The Hall–Kier alpha value is -0.160. The quantitative estimate of drug-likeness (QED) is 0.581. The second-order valence-corrected chi connectivity index (χ2v) is 3.70. The van der Waals surface area contributed by atoms with Gasteiger partial charge in [-0.2, -0.15) is 0 Å². The van der Waals surface area contributed by atoms with Gasteiger partial charge >= 0.3 is 0 Å². The van der Waals surface area contributed by atoms with Gasteiger partial charge in [0, 0.05) is 6.92 Å². The van der Waals surface area contributed by atoms with Gasteiger partial charge in [-0.3, -0.25) is 4.79 Å². The first kappa shape index (κ1) is 6.95. The summed E-state index contributed by atoms with van der Waals surface area (Å²) in [4.78, 5) is 14.3. The van der Waals surface area contributed by atoms with E-state index in [1.165, 1.54) is 28.5 Å². The van der Waals surface area contributed by atoms with E-state index in [0.717, 1.165) is 0 Å². The largest absolute Gasteiger partial charge is 0.325 e. The molecule has 5 heteroatoms. The highest BCUT2D eigenvalue weighted by molar-refractivity contribution is 8.82. The summed E-state index contributed by atoms with van der Waals surface area (Å²) in [6.45, 7) is 1.49. The molecule has 0 saturated heterocycles. The predicted octanol–water partition coefficient (Wildman–Crippen LogP) is 0.829. The Balaban J connectivity index is 2.28. The van der Waals surface area contributed by atoms with E-state index in [9.17, 15) is 4.79 Å². The first-order chi connectivity index (χ1) is 4.29. The minimum absolute atomic E-state index is 0.0350. The van der Waals surface area contributed by atoms with Gasteiger partial charge < -0.3 is 5.32 Å². The van der Waals surface area contributed by atoms with Crippen molar-refractivity contribution in [1.29, 1.82) is 0 Å². The number of hydrogen-bond donors (Lipinski definition) is 1. The van der Waals surface area contributed by atoms with Crippen molar-refractivity contribution in [2.75, 3.05) is 0 Å². The summed E-state index contributed by atoms with van der Waals surface area (Å²) in [7, 11) is 3.07. The average molecular weight is 162 g/mol. The van der Waals surface area contributed by atoms with Gasteiger partial charge in [0.15, 0.2) is 5.50 Å². The molecule has 0 radical (unpaired) electrons. The SMILES string of the molecule is CC(=O)NC1N=CSS1. The summed E-state index contributed by atoms with van der Waals surface area (Å²) in [6.07, 6.45) is 0. The number of hydrogen-bond acceptors (Lipinski definition) is 4. The maximum atomic E-state index is 10.4. The number of carbonyl (C=O) groups is 1. The van der Waals surface area contributed by atoms with E-state index in [0.29, 0.717) is 0 Å². The maximum absolute atomic E-state index is 10.4. The molecule has 0 spiro atoms. The number of aliphatic imine (C=N–C) groups is 1. The molecule has 50 valence electrons. The van der Waals surface area contributed by atoms with Crippen LogP contribution in [0.15, 0.2) is 4.99 Å². The van der Waals surface area contributed by atoms with Crippen LogP contribution in [0.2, 0.25) is 0 Å². The second kappa shape index (κ2) is 3.12. The molecule has 1 aliphatic rings. The highest BCUT2D eigenvalue weighted by Gasteiger charge is 2.11. The molecule has 0 fully saturated rings. The Morgan fingerprint density at radius 3 is 3.11 bits per heavy atom. The van der Waals surface area contributed by atoms with Crippen molar-refractivity contribution in [3.8, 4) is 0 Å². The lowest BCUT2D eigenvalue weighted by atomic mass is 10.7. The summed E-state index contributed by atoms with van der Waals surface area (Å²) in [5.74, 6) is -0.0350.